The van der Waals surface area contributed by atoms with Crippen molar-refractivity contribution in [2.24, 2.45) is 0 Å². The van der Waals surface area contributed by atoms with Crippen molar-refractivity contribution < 1.29 is 27.9 Å². The Morgan fingerprint density at radius 2 is 1.96 bits per heavy atom. The summed E-state index contributed by atoms with van der Waals surface area (Å²) in [6, 6.07) is 1.53. The lowest BCUT2D eigenvalue weighted by Crippen LogP contribution is -2.35. The highest BCUT2D eigenvalue weighted by Gasteiger charge is 2.31. The number of aliphatic hydroxyl groups is 1. The summed E-state index contributed by atoms with van der Waals surface area (Å²) < 4.78 is 44.6. The minimum atomic E-state index is -1.10. The van der Waals surface area contributed by atoms with Gasteiger partial charge < -0.3 is 24.4 Å². The second kappa shape index (κ2) is 7.90. The predicted molar refractivity (Wildman–Crippen MR) is 97.5 cm³/mol. The van der Waals surface area contributed by atoms with E-state index in [1.54, 1.807) is 6.92 Å². The summed E-state index contributed by atoms with van der Waals surface area (Å²) in [7, 11) is 0. The maximum Gasteiger partial charge on any atom is 0.207 e. The predicted octanol–water partition coefficient (Wildman–Crippen LogP) is 3.95. The third-order valence-electron chi connectivity index (χ3n) is 4.95. The van der Waals surface area contributed by atoms with Crippen molar-refractivity contribution in [3.05, 3.63) is 23.3 Å². The van der Waals surface area contributed by atoms with Gasteiger partial charge in [-0.15, -0.1) is 11.8 Å². The van der Waals surface area contributed by atoms with Crippen LogP contribution in [-0.4, -0.2) is 40.2 Å². The number of benzene rings is 1. The smallest absolute Gasteiger partial charge is 0.207 e. The van der Waals surface area contributed by atoms with Gasteiger partial charge in [-0.05, 0) is 25.8 Å². The van der Waals surface area contributed by atoms with E-state index < -0.39 is 23.4 Å². The van der Waals surface area contributed by atoms with E-state index in [1.165, 1.54) is 17.8 Å². The van der Waals surface area contributed by atoms with Crippen molar-refractivity contribution in [1.29, 1.82) is 0 Å². The number of fused-ring (bicyclic) bond motifs is 1. The van der Waals surface area contributed by atoms with Crippen molar-refractivity contribution in [2.45, 2.75) is 55.6 Å². The number of anilines is 1. The van der Waals surface area contributed by atoms with Gasteiger partial charge >= 0.3 is 0 Å². The molecule has 0 amide bonds. The van der Waals surface area contributed by atoms with E-state index >= 15 is 0 Å². The zero-order chi connectivity index (χ0) is 19.0. The molecule has 27 heavy (non-hydrogen) atoms. The fourth-order valence-corrected chi connectivity index (χ4v) is 4.90. The minimum Gasteiger partial charge on any atom is -0.383 e. The van der Waals surface area contributed by atoms with Crippen LogP contribution in [0.3, 0.4) is 0 Å². The molecule has 1 aliphatic heterocycles. The SMILES string of the molecule is CC(O)S[C@H]1CCCC[C@H]1Nc1noc2c(F)c(F)c(C3OCCO3)cc12. The third kappa shape index (κ3) is 3.78. The number of aliphatic hydroxyl groups excluding tert-OH is 1. The Kier molecular flexibility index (Phi) is 5.54. The lowest BCUT2D eigenvalue weighted by atomic mass is 9.94. The van der Waals surface area contributed by atoms with Gasteiger partial charge in [-0.3, -0.25) is 0 Å². The van der Waals surface area contributed by atoms with Gasteiger partial charge in [0, 0.05) is 16.9 Å². The first kappa shape index (κ1) is 18.9. The largest absolute Gasteiger partial charge is 0.383 e. The summed E-state index contributed by atoms with van der Waals surface area (Å²) in [5.41, 5.74) is -0.698. The lowest BCUT2D eigenvalue weighted by Gasteiger charge is -2.32. The Hall–Kier alpha value is -1.42. The van der Waals surface area contributed by atoms with Crippen LogP contribution in [0, 0.1) is 11.6 Å². The molecule has 0 radical (unpaired) electrons. The van der Waals surface area contributed by atoms with E-state index in [0.717, 1.165) is 25.7 Å². The molecule has 0 bridgehead atoms. The van der Waals surface area contributed by atoms with Crippen molar-refractivity contribution in [2.75, 3.05) is 18.5 Å². The van der Waals surface area contributed by atoms with Crippen LogP contribution in [0.4, 0.5) is 14.6 Å². The molecular formula is C18H22F2N2O4S. The van der Waals surface area contributed by atoms with E-state index in [4.69, 9.17) is 14.0 Å². The van der Waals surface area contributed by atoms with Crippen LogP contribution < -0.4 is 5.32 Å². The molecule has 1 aromatic heterocycles. The maximum atomic E-state index is 14.5. The number of aromatic nitrogens is 1. The zero-order valence-electron chi connectivity index (χ0n) is 14.9. The van der Waals surface area contributed by atoms with Crippen LogP contribution in [0.15, 0.2) is 10.6 Å². The van der Waals surface area contributed by atoms with Crippen LogP contribution in [0.5, 0.6) is 0 Å². The summed E-state index contributed by atoms with van der Waals surface area (Å²) in [5, 5.41) is 17.5. The molecule has 2 aliphatic rings. The van der Waals surface area contributed by atoms with E-state index in [9.17, 15) is 13.9 Å². The molecule has 3 atom stereocenters. The van der Waals surface area contributed by atoms with Gasteiger partial charge in [-0.25, -0.2) is 4.39 Å². The summed E-state index contributed by atoms with van der Waals surface area (Å²) >= 11 is 1.50. The molecule has 1 aromatic carbocycles. The number of nitrogens with zero attached hydrogens (tertiary/aromatic N) is 1. The van der Waals surface area contributed by atoms with Gasteiger partial charge in [0.1, 0.15) is 0 Å². The van der Waals surface area contributed by atoms with Gasteiger partial charge in [-0.2, -0.15) is 4.39 Å². The van der Waals surface area contributed by atoms with Crippen LogP contribution >= 0.6 is 11.8 Å². The summed E-state index contributed by atoms with van der Waals surface area (Å²) in [5.74, 6) is -1.77. The van der Waals surface area contributed by atoms with Gasteiger partial charge in [-0.1, -0.05) is 18.0 Å². The number of ether oxygens (including phenoxy) is 2. The number of thioether (sulfide) groups is 1. The molecule has 2 fully saturated rings. The number of nitrogens with one attached hydrogen (secondary N) is 1. The van der Waals surface area contributed by atoms with Crippen molar-refractivity contribution >= 4 is 28.5 Å². The van der Waals surface area contributed by atoms with E-state index in [-0.39, 0.29) is 22.4 Å². The summed E-state index contributed by atoms with van der Waals surface area (Å²) in [6.45, 7) is 2.41. The molecule has 2 aromatic rings. The van der Waals surface area contributed by atoms with Gasteiger partial charge in [0.15, 0.2) is 17.9 Å². The lowest BCUT2D eigenvalue weighted by molar-refractivity contribution is -0.0467. The molecule has 6 nitrogen and oxygen atoms in total. The van der Waals surface area contributed by atoms with Gasteiger partial charge in [0.05, 0.1) is 24.0 Å². The van der Waals surface area contributed by atoms with E-state index in [1.807, 2.05) is 0 Å². The van der Waals surface area contributed by atoms with Crippen LogP contribution in [0.25, 0.3) is 11.0 Å². The molecule has 0 spiro atoms. The molecule has 2 N–H and O–H groups in total. The fraction of sp³-hybridized carbons (Fsp3) is 0.611. The first-order valence-corrected chi connectivity index (χ1v) is 10.1. The van der Waals surface area contributed by atoms with Gasteiger partial charge in [0.25, 0.3) is 0 Å². The number of rotatable bonds is 5. The minimum absolute atomic E-state index is 0.00213. The molecular weight excluding hydrogens is 378 g/mol. The van der Waals surface area contributed by atoms with Crippen molar-refractivity contribution in [3.8, 4) is 0 Å². The molecule has 1 saturated carbocycles. The van der Waals surface area contributed by atoms with Gasteiger partial charge in [0.2, 0.25) is 11.4 Å². The summed E-state index contributed by atoms with van der Waals surface area (Å²) in [6.07, 6.45) is 3.11. The third-order valence-corrected chi connectivity index (χ3v) is 6.25. The van der Waals surface area contributed by atoms with Crippen LogP contribution in [0.2, 0.25) is 0 Å². The monoisotopic (exact) mass is 400 g/mol. The number of hydrogen-bond donors (Lipinski definition) is 2. The Bertz CT molecular complexity index is 810. The number of hydrogen-bond acceptors (Lipinski definition) is 7. The van der Waals surface area contributed by atoms with Crippen LogP contribution in [-0.2, 0) is 9.47 Å². The average molecular weight is 400 g/mol. The molecule has 4 rings (SSSR count). The van der Waals surface area contributed by atoms with Crippen molar-refractivity contribution in [1.82, 2.24) is 5.16 Å². The van der Waals surface area contributed by atoms with E-state index in [0.29, 0.717) is 24.4 Å². The average Bonchev–Trinajstić information content (AvgIpc) is 3.29. The quantitative estimate of drug-likeness (QED) is 0.736. The van der Waals surface area contributed by atoms with E-state index in [2.05, 4.69) is 10.5 Å². The highest BCUT2D eigenvalue weighted by Crippen LogP contribution is 2.37. The Morgan fingerprint density at radius 1 is 1.22 bits per heavy atom. The zero-order valence-corrected chi connectivity index (χ0v) is 15.7. The molecule has 1 saturated heterocycles. The Balaban J connectivity index is 1.65. The fourth-order valence-electron chi connectivity index (χ4n) is 3.70. The first-order chi connectivity index (χ1) is 13.0. The number of halogens is 2. The second-order valence-electron chi connectivity index (χ2n) is 6.88. The standard InChI is InChI=1S/C18H22F2N2O4S/c1-9(23)27-13-5-3-2-4-12(13)21-17-11-8-10(18-24-6-7-25-18)14(19)15(20)16(11)26-22-17/h8-9,12-13,18,23H,2-7H2,1H3,(H,21,22)/t9?,12-,13+/m1/s1. The first-order valence-electron chi connectivity index (χ1n) is 9.15. The molecule has 2 heterocycles. The maximum absolute atomic E-state index is 14.5. The molecule has 1 aliphatic carbocycles. The topological polar surface area (TPSA) is 76.8 Å². The molecule has 9 heteroatoms. The second-order valence-corrected chi connectivity index (χ2v) is 8.44. The Morgan fingerprint density at radius 3 is 2.70 bits per heavy atom. The van der Waals surface area contributed by atoms with Crippen LogP contribution in [0.1, 0.15) is 44.5 Å². The summed E-state index contributed by atoms with van der Waals surface area (Å²) in [4.78, 5) is 0. The Labute approximate surface area is 159 Å². The normalized spacial score (nSPS) is 25.2. The highest BCUT2D eigenvalue weighted by molar-refractivity contribution is 8.00. The molecule has 1 unspecified atom stereocenters. The highest BCUT2D eigenvalue weighted by atomic mass is 32.2. The van der Waals surface area contributed by atoms with Crippen molar-refractivity contribution in [3.63, 3.8) is 0 Å². The molecule has 148 valence electrons.